The fourth-order valence-corrected chi connectivity index (χ4v) is 1.60. The van der Waals surface area contributed by atoms with Crippen molar-refractivity contribution in [1.82, 2.24) is 10.6 Å². The predicted octanol–water partition coefficient (Wildman–Crippen LogP) is -0.204. The molecule has 0 unspecified atom stereocenters. The number of amides is 1. The third kappa shape index (κ3) is 6.18. The number of aliphatic hydroxyl groups is 1. The van der Waals surface area contributed by atoms with E-state index < -0.39 is 24.2 Å². The normalized spacial score (nSPS) is 19.6. The highest BCUT2D eigenvalue weighted by molar-refractivity contribution is 5.78. The molecule has 3 N–H and O–H groups in total. The van der Waals surface area contributed by atoms with Crippen molar-refractivity contribution in [2.24, 2.45) is 0 Å². The van der Waals surface area contributed by atoms with Gasteiger partial charge in [0.15, 0.2) is 0 Å². The number of halogens is 3. The molecule has 0 saturated carbocycles. The summed E-state index contributed by atoms with van der Waals surface area (Å²) in [6.45, 7) is -0.544. The van der Waals surface area contributed by atoms with Crippen LogP contribution in [0.15, 0.2) is 0 Å². The van der Waals surface area contributed by atoms with Crippen molar-refractivity contribution < 1.29 is 27.8 Å². The minimum Gasteiger partial charge on any atom is -0.388 e. The molecule has 1 aliphatic heterocycles. The lowest BCUT2D eigenvalue weighted by Crippen LogP contribution is -2.48. The molecule has 5 nitrogen and oxygen atoms in total. The van der Waals surface area contributed by atoms with Gasteiger partial charge in [-0.25, -0.2) is 0 Å². The van der Waals surface area contributed by atoms with Crippen LogP contribution in [-0.2, 0) is 9.53 Å². The second-order valence-corrected chi connectivity index (χ2v) is 4.33. The van der Waals surface area contributed by atoms with E-state index in [4.69, 9.17) is 4.74 Å². The van der Waals surface area contributed by atoms with Gasteiger partial charge in [0.25, 0.3) is 0 Å². The van der Waals surface area contributed by atoms with Crippen molar-refractivity contribution in [3.63, 3.8) is 0 Å². The zero-order chi connectivity index (χ0) is 13.6. The van der Waals surface area contributed by atoms with Gasteiger partial charge >= 0.3 is 6.18 Å². The second-order valence-electron chi connectivity index (χ2n) is 4.33. The van der Waals surface area contributed by atoms with Crippen molar-refractivity contribution in [2.45, 2.75) is 24.6 Å². The molecule has 0 aromatic carbocycles. The van der Waals surface area contributed by atoms with Crippen LogP contribution in [0.2, 0.25) is 0 Å². The van der Waals surface area contributed by atoms with Gasteiger partial charge in [-0.2, -0.15) is 13.2 Å². The summed E-state index contributed by atoms with van der Waals surface area (Å²) in [6, 6.07) is 0. The minimum atomic E-state index is -4.41. The molecule has 0 bridgehead atoms. The molecule has 1 rings (SSSR count). The monoisotopic (exact) mass is 270 g/mol. The van der Waals surface area contributed by atoms with Gasteiger partial charge in [0, 0.05) is 32.6 Å². The molecule has 106 valence electrons. The molecule has 1 amide bonds. The molecule has 0 atom stereocenters. The van der Waals surface area contributed by atoms with Gasteiger partial charge in [-0.1, -0.05) is 0 Å². The van der Waals surface area contributed by atoms with Crippen molar-refractivity contribution in [2.75, 3.05) is 32.8 Å². The average molecular weight is 270 g/mol. The zero-order valence-electron chi connectivity index (χ0n) is 9.85. The van der Waals surface area contributed by atoms with Crippen molar-refractivity contribution in [3.05, 3.63) is 0 Å². The van der Waals surface area contributed by atoms with Crippen LogP contribution in [0, 0.1) is 0 Å². The Morgan fingerprint density at radius 1 is 1.33 bits per heavy atom. The van der Waals surface area contributed by atoms with E-state index in [2.05, 4.69) is 5.32 Å². The van der Waals surface area contributed by atoms with Gasteiger partial charge in [0.2, 0.25) is 5.91 Å². The summed E-state index contributed by atoms with van der Waals surface area (Å²) in [4.78, 5) is 11.1. The Labute approximate surface area is 103 Å². The summed E-state index contributed by atoms with van der Waals surface area (Å²) in [5, 5.41) is 14.4. The Bertz CT molecular complexity index is 278. The van der Waals surface area contributed by atoms with E-state index in [1.807, 2.05) is 0 Å². The average Bonchev–Trinajstić information content (AvgIpc) is 2.26. The lowest BCUT2D eigenvalue weighted by atomic mass is 9.94. The highest BCUT2D eigenvalue weighted by Crippen LogP contribution is 2.19. The third-order valence-corrected chi connectivity index (χ3v) is 2.65. The molecule has 0 aromatic heterocycles. The number of ether oxygens (including phenoxy) is 1. The molecule has 1 saturated heterocycles. The van der Waals surface area contributed by atoms with E-state index >= 15 is 0 Å². The molecule has 0 aromatic rings. The van der Waals surface area contributed by atoms with Gasteiger partial charge < -0.3 is 20.5 Å². The van der Waals surface area contributed by atoms with E-state index in [1.54, 1.807) is 5.32 Å². The SMILES string of the molecule is O=C(CNCC1(O)CCOCC1)NCC(F)(F)F. The summed E-state index contributed by atoms with van der Waals surface area (Å²) >= 11 is 0. The maximum atomic E-state index is 11.8. The fraction of sp³-hybridized carbons (Fsp3) is 0.900. The first-order valence-corrected chi connectivity index (χ1v) is 5.65. The van der Waals surface area contributed by atoms with E-state index in [-0.39, 0.29) is 13.1 Å². The molecule has 1 aliphatic rings. The second kappa shape index (κ2) is 6.35. The number of alkyl halides is 3. The summed E-state index contributed by atoms with van der Waals surface area (Å²) in [5.74, 6) is -0.747. The molecule has 18 heavy (non-hydrogen) atoms. The largest absolute Gasteiger partial charge is 0.405 e. The number of hydrogen-bond acceptors (Lipinski definition) is 4. The van der Waals surface area contributed by atoms with Crippen LogP contribution in [0.25, 0.3) is 0 Å². The van der Waals surface area contributed by atoms with Crippen LogP contribution in [0.3, 0.4) is 0 Å². The van der Waals surface area contributed by atoms with Gasteiger partial charge in [-0.15, -0.1) is 0 Å². The van der Waals surface area contributed by atoms with E-state index in [1.165, 1.54) is 0 Å². The number of hydrogen-bond donors (Lipinski definition) is 3. The highest BCUT2D eigenvalue weighted by atomic mass is 19.4. The maximum Gasteiger partial charge on any atom is 0.405 e. The van der Waals surface area contributed by atoms with Crippen LogP contribution in [0.1, 0.15) is 12.8 Å². The van der Waals surface area contributed by atoms with E-state index in [9.17, 15) is 23.1 Å². The number of rotatable bonds is 5. The fourth-order valence-electron chi connectivity index (χ4n) is 1.60. The number of nitrogens with one attached hydrogen (secondary N) is 2. The molecular formula is C10H17F3N2O3. The summed E-state index contributed by atoms with van der Waals surface area (Å²) < 4.78 is 40.5. The van der Waals surface area contributed by atoms with Crippen molar-refractivity contribution >= 4 is 5.91 Å². The van der Waals surface area contributed by atoms with Crippen LogP contribution in [0.5, 0.6) is 0 Å². The highest BCUT2D eigenvalue weighted by Gasteiger charge is 2.30. The molecule has 0 aliphatic carbocycles. The zero-order valence-corrected chi connectivity index (χ0v) is 9.85. The maximum absolute atomic E-state index is 11.8. The standard InChI is InChI=1S/C10H17F3N2O3/c11-10(12,13)7-15-8(16)5-14-6-9(17)1-3-18-4-2-9/h14,17H,1-7H2,(H,15,16). The number of carbonyl (C=O) groups excluding carboxylic acids is 1. The lowest BCUT2D eigenvalue weighted by molar-refractivity contribution is -0.138. The van der Waals surface area contributed by atoms with Crippen molar-refractivity contribution in [1.29, 1.82) is 0 Å². The summed E-state index contributed by atoms with van der Waals surface area (Å²) in [7, 11) is 0. The first-order valence-electron chi connectivity index (χ1n) is 5.65. The first kappa shape index (κ1) is 15.2. The molecule has 1 fully saturated rings. The molecule has 0 radical (unpaired) electrons. The van der Waals surface area contributed by atoms with Gasteiger partial charge in [-0.05, 0) is 0 Å². The Hall–Kier alpha value is -0.860. The molecule has 8 heteroatoms. The Kier molecular flexibility index (Phi) is 5.36. The molecular weight excluding hydrogens is 253 g/mol. The minimum absolute atomic E-state index is 0.162. The van der Waals surface area contributed by atoms with Crippen LogP contribution in [0.4, 0.5) is 13.2 Å². The molecule has 0 spiro atoms. The number of carbonyl (C=O) groups is 1. The van der Waals surface area contributed by atoms with Crippen LogP contribution >= 0.6 is 0 Å². The van der Waals surface area contributed by atoms with Gasteiger partial charge in [0.1, 0.15) is 6.54 Å². The van der Waals surface area contributed by atoms with E-state index in [0.29, 0.717) is 26.1 Å². The molecule has 1 heterocycles. The summed E-state index contributed by atoms with van der Waals surface area (Å²) in [6.07, 6.45) is -3.51. The third-order valence-electron chi connectivity index (χ3n) is 2.65. The van der Waals surface area contributed by atoms with E-state index in [0.717, 1.165) is 0 Å². The van der Waals surface area contributed by atoms with Crippen LogP contribution < -0.4 is 10.6 Å². The van der Waals surface area contributed by atoms with Crippen molar-refractivity contribution in [3.8, 4) is 0 Å². The predicted molar refractivity (Wildman–Crippen MR) is 56.9 cm³/mol. The Morgan fingerprint density at radius 2 is 1.94 bits per heavy atom. The summed E-state index contributed by atoms with van der Waals surface area (Å²) in [5.41, 5.74) is -0.942. The first-order chi connectivity index (χ1) is 8.31. The van der Waals surface area contributed by atoms with Gasteiger partial charge in [0.05, 0.1) is 12.1 Å². The smallest absolute Gasteiger partial charge is 0.388 e. The Morgan fingerprint density at radius 3 is 2.50 bits per heavy atom. The van der Waals surface area contributed by atoms with Crippen LogP contribution in [-0.4, -0.2) is 55.6 Å². The Balaban J connectivity index is 2.15. The lowest BCUT2D eigenvalue weighted by Gasteiger charge is -2.32. The quantitative estimate of drug-likeness (QED) is 0.647. The topological polar surface area (TPSA) is 70.6 Å². The van der Waals surface area contributed by atoms with Gasteiger partial charge in [-0.3, -0.25) is 4.79 Å².